The lowest BCUT2D eigenvalue weighted by Gasteiger charge is -2.21. The van der Waals surface area contributed by atoms with E-state index in [2.05, 4.69) is 20.5 Å². The number of hydrogen-bond donors (Lipinski definition) is 2. The zero-order chi connectivity index (χ0) is 15.1. The maximum Gasteiger partial charge on any atom is 0.407 e. The van der Waals surface area contributed by atoms with Crippen molar-refractivity contribution in [3.8, 4) is 0 Å². The minimum absolute atomic E-state index is 0.0544. The molecule has 2 N–H and O–H groups in total. The molecular formula is C15H20N4O2. The number of aromatic nitrogens is 3. The average Bonchev–Trinajstić information content (AvgIpc) is 2.98. The summed E-state index contributed by atoms with van der Waals surface area (Å²) in [4.78, 5) is 14.8. The maximum atomic E-state index is 11.9. The first kappa shape index (κ1) is 15.0. The predicted octanol–water partition coefficient (Wildman–Crippen LogP) is 2.30. The molecule has 0 spiro atoms. The lowest BCUT2D eigenvalue weighted by atomic mass is 10.0. The largest absolute Gasteiger partial charge is 0.445 e. The molecular weight excluding hydrogens is 268 g/mol. The third-order valence-electron chi connectivity index (χ3n) is 3.20. The lowest BCUT2D eigenvalue weighted by molar-refractivity contribution is 0.132. The van der Waals surface area contributed by atoms with E-state index >= 15 is 0 Å². The third-order valence-corrected chi connectivity index (χ3v) is 3.20. The number of ether oxygens (including phenoxy) is 1. The number of hydrogen-bond acceptors (Lipinski definition) is 4. The minimum atomic E-state index is -0.419. The van der Waals surface area contributed by atoms with E-state index in [-0.39, 0.29) is 18.6 Å². The number of benzene rings is 1. The van der Waals surface area contributed by atoms with Crippen molar-refractivity contribution < 1.29 is 9.53 Å². The summed E-state index contributed by atoms with van der Waals surface area (Å²) in [6.45, 7) is 4.34. The summed E-state index contributed by atoms with van der Waals surface area (Å²) < 4.78 is 5.23. The second kappa shape index (κ2) is 7.42. The van der Waals surface area contributed by atoms with Gasteiger partial charge in [0.1, 0.15) is 18.8 Å². The van der Waals surface area contributed by atoms with Gasteiger partial charge in [-0.1, -0.05) is 44.2 Å². The first-order chi connectivity index (χ1) is 10.1. The fourth-order valence-electron chi connectivity index (χ4n) is 1.91. The number of alkyl carbamates (subject to hydrolysis) is 1. The average molecular weight is 288 g/mol. The molecule has 1 amide bonds. The number of aromatic amines is 1. The van der Waals surface area contributed by atoms with Gasteiger partial charge in [-0.3, -0.25) is 0 Å². The van der Waals surface area contributed by atoms with Crippen LogP contribution in [0.5, 0.6) is 0 Å². The van der Waals surface area contributed by atoms with Crippen molar-refractivity contribution in [3.63, 3.8) is 0 Å². The highest BCUT2D eigenvalue weighted by Gasteiger charge is 2.18. The molecule has 21 heavy (non-hydrogen) atoms. The Kier molecular flexibility index (Phi) is 5.31. The molecule has 1 heterocycles. The van der Waals surface area contributed by atoms with Crippen LogP contribution in [0.25, 0.3) is 0 Å². The van der Waals surface area contributed by atoms with E-state index in [1.807, 2.05) is 44.2 Å². The number of nitrogens with one attached hydrogen (secondary N) is 2. The van der Waals surface area contributed by atoms with E-state index in [0.717, 1.165) is 11.4 Å². The standard InChI is InChI=1S/C15H20N4O2/c1-11(2)13(8-14-16-10-17-19-14)18-15(20)21-9-12-6-4-3-5-7-12/h3-7,10-11,13H,8-9H2,1-2H3,(H,18,20)(H,16,17,19)/t13-/m1/s1. The number of H-pyrrole nitrogens is 1. The van der Waals surface area contributed by atoms with Gasteiger partial charge in [0.05, 0.1) is 0 Å². The molecule has 2 aromatic rings. The molecule has 0 saturated carbocycles. The summed E-state index contributed by atoms with van der Waals surface area (Å²) in [5.74, 6) is 1.01. The second-order valence-corrected chi connectivity index (χ2v) is 5.20. The zero-order valence-corrected chi connectivity index (χ0v) is 12.2. The van der Waals surface area contributed by atoms with Crippen LogP contribution in [0, 0.1) is 5.92 Å². The molecule has 0 saturated heterocycles. The van der Waals surface area contributed by atoms with Crippen LogP contribution in [0.4, 0.5) is 4.79 Å². The summed E-state index contributed by atoms with van der Waals surface area (Å²) in [5, 5.41) is 10.6. The Morgan fingerprint density at radius 3 is 2.71 bits per heavy atom. The quantitative estimate of drug-likeness (QED) is 0.854. The van der Waals surface area contributed by atoms with Crippen molar-refractivity contribution in [1.82, 2.24) is 20.5 Å². The number of amides is 1. The highest BCUT2D eigenvalue weighted by atomic mass is 16.5. The summed E-state index contributed by atoms with van der Waals surface area (Å²) in [6.07, 6.45) is 1.70. The van der Waals surface area contributed by atoms with Gasteiger partial charge in [-0.25, -0.2) is 4.79 Å². The van der Waals surface area contributed by atoms with Crippen molar-refractivity contribution >= 4 is 6.09 Å². The van der Waals surface area contributed by atoms with E-state index in [9.17, 15) is 4.79 Å². The molecule has 112 valence electrons. The van der Waals surface area contributed by atoms with Gasteiger partial charge in [-0.15, -0.1) is 10.2 Å². The highest BCUT2D eigenvalue weighted by Crippen LogP contribution is 2.08. The smallest absolute Gasteiger partial charge is 0.407 e. The molecule has 0 bridgehead atoms. The van der Waals surface area contributed by atoms with Gasteiger partial charge in [0, 0.05) is 12.5 Å². The van der Waals surface area contributed by atoms with Gasteiger partial charge in [-0.05, 0) is 11.5 Å². The fraction of sp³-hybridized carbons (Fsp3) is 0.400. The van der Waals surface area contributed by atoms with Gasteiger partial charge in [-0.2, -0.15) is 0 Å². The molecule has 0 unspecified atom stereocenters. The Morgan fingerprint density at radius 2 is 2.10 bits per heavy atom. The van der Waals surface area contributed by atoms with Crippen molar-refractivity contribution in [2.24, 2.45) is 5.92 Å². The molecule has 1 aromatic heterocycles. The molecule has 6 nitrogen and oxygen atoms in total. The van der Waals surface area contributed by atoms with Gasteiger partial charge in [0.25, 0.3) is 0 Å². The van der Waals surface area contributed by atoms with Crippen LogP contribution in [0.3, 0.4) is 0 Å². The Balaban J connectivity index is 1.83. The van der Waals surface area contributed by atoms with Crippen LogP contribution < -0.4 is 5.32 Å². The molecule has 0 aliphatic rings. The Labute approximate surface area is 123 Å². The van der Waals surface area contributed by atoms with Crippen LogP contribution in [0.15, 0.2) is 36.7 Å². The summed E-state index contributed by atoms with van der Waals surface area (Å²) >= 11 is 0. The molecule has 1 atom stereocenters. The Morgan fingerprint density at radius 1 is 1.33 bits per heavy atom. The second-order valence-electron chi connectivity index (χ2n) is 5.20. The van der Waals surface area contributed by atoms with Crippen LogP contribution in [-0.2, 0) is 17.8 Å². The topological polar surface area (TPSA) is 79.9 Å². The predicted molar refractivity (Wildman–Crippen MR) is 78.5 cm³/mol. The number of nitrogens with zero attached hydrogens (tertiary/aromatic N) is 2. The third kappa shape index (κ3) is 4.91. The Bertz CT molecular complexity index is 540. The number of carbonyl (C=O) groups is 1. The first-order valence-corrected chi connectivity index (χ1v) is 6.97. The van der Waals surface area contributed by atoms with Crippen LogP contribution in [-0.4, -0.2) is 27.3 Å². The van der Waals surface area contributed by atoms with E-state index in [1.165, 1.54) is 6.33 Å². The monoisotopic (exact) mass is 288 g/mol. The molecule has 0 aliphatic carbocycles. The molecule has 6 heteroatoms. The zero-order valence-electron chi connectivity index (χ0n) is 12.2. The van der Waals surface area contributed by atoms with Crippen molar-refractivity contribution in [3.05, 3.63) is 48.0 Å². The maximum absolute atomic E-state index is 11.9. The highest BCUT2D eigenvalue weighted by molar-refractivity contribution is 5.67. The molecule has 1 aromatic carbocycles. The minimum Gasteiger partial charge on any atom is -0.445 e. The number of rotatable bonds is 6. The first-order valence-electron chi connectivity index (χ1n) is 6.97. The van der Waals surface area contributed by atoms with Gasteiger partial charge >= 0.3 is 6.09 Å². The van der Waals surface area contributed by atoms with Crippen LogP contribution in [0.1, 0.15) is 25.2 Å². The normalized spacial score (nSPS) is 12.1. The summed E-state index contributed by atoms with van der Waals surface area (Å²) in [6, 6.07) is 9.54. The molecule has 0 radical (unpaired) electrons. The summed E-state index contributed by atoms with van der Waals surface area (Å²) in [7, 11) is 0. The van der Waals surface area contributed by atoms with Crippen LogP contribution >= 0.6 is 0 Å². The van der Waals surface area contributed by atoms with E-state index < -0.39 is 6.09 Å². The molecule has 2 rings (SSSR count). The lowest BCUT2D eigenvalue weighted by Crippen LogP contribution is -2.40. The van der Waals surface area contributed by atoms with E-state index in [4.69, 9.17) is 4.74 Å². The number of carbonyl (C=O) groups excluding carboxylic acids is 1. The Hall–Kier alpha value is -2.37. The van der Waals surface area contributed by atoms with Gasteiger partial charge < -0.3 is 15.0 Å². The van der Waals surface area contributed by atoms with Gasteiger partial charge in [0.15, 0.2) is 0 Å². The summed E-state index contributed by atoms with van der Waals surface area (Å²) in [5.41, 5.74) is 0.962. The van der Waals surface area contributed by atoms with Crippen molar-refractivity contribution in [1.29, 1.82) is 0 Å². The van der Waals surface area contributed by atoms with E-state index in [0.29, 0.717) is 6.42 Å². The van der Waals surface area contributed by atoms with Crippen LogP contribution in [0.2, 0.25) is 0 Å². The molecule has 0 fully saturated rings. The van der Waals surface area contributed by atoms with Crippen molar-refractivity contribution in [2.45, 2.75) is 32.9 Å². The van der Waals surface area contributed by atoms with Crippen molar-refractivity contribution in [2.75, 3.05) is 0 Å². The van der Waals surface area contributed by atoms with E-state index in [1.54, 1.807) is 0 Å². The molecule has 0 aliphatic heterocycles. The fourth-order valence-corrected chi connectivity index (χ4v) is 1.91. The van der Waals surface area contributed by atoms with Gasteiger partial charge in [0.2, 0.25) is 0 Å². The SMILES string of the molecule is CC(C)[C@@H](Cc1nnc[nH]1)NC(=O)OCc1ccccc1.